The normalized spacial score (nSPS) is 15.7. The van der Waals surface area contributed by atoms with Crippen LogP contribution in [0.2, 0.25) is 0 Å². The smallest absolute Gasteiger partial charge is 0.0565 e. The van der Waals surface area contributed by atoms with Crippen molar-refractivity contribution < 1.29 is 5.11 Å². The van der Waals surface area contributed by atoms with Crippen LogP contribution in [0.5, 0.6) is 0 Å². The topological polar surface area (TPSA) is 20.2 Å². The predicted molar refractivity (Wildman–Crippen MR) is 58.8 cm³/mol. The molecule has 0 rings (SSSR count). The summed E-state index contributed by atoms with van der Waals surface area (Å²) in [4.78, 5) is 0. The summed E-state index contributed by atoms with van der Waals surface area (Å²) < 4.78 is 0. The zero-order valence-electron chi connectivity index (χ0n) is 9.55. The van der Waals surface area contributed by atoms with E-state index in [0.717, 1.165) is 12.8 Å². The summed E-state index contributed by atoms with van der Waals surface area (Å²) in [6.45, 7) is 6.51. The second kappa shape index (κ2) is 8.55. The highest BCUT2D eigenvalue weighted by atomic mass is 16.3. The van der Waals surface area contributed by atoms with Crippen LogP contribution in [0.4, 0.5) is 0 Å². The Labute approximate surface area is 83.5 Å². The van der Waals surface area contributed by atoms with Gasteiger partial charge in [-0.1, -0.05) is 59.3 Å². The molecule has 0 aliphatic rings. The SMILES string of the molecule is CCCCCCCC(O)C(C)CC. The van der Waals surface area contributed by atoms with Crippen LogP contribution in [0.3, 0.4) is 0 Å². The summed E-state index contributed by atoms with van der Waals surface area (Å²) in [5.74, 6) is 0.478. The molecule has 0 fully saturated rings. The highest BCUT2D eigenvalue weighted by Crippen LogP contribution is 2.14. The highest BCUT2D eigenvalue weighted by Gasteiger charge is 2.10. The molecule has 0 bridgehead atoms. The van der Waals surface area contributed by atoms with E-state index >= 15 is 0 Å². The van der Waals surface area contributed by atoms with Crippen LogP contribution in [0, 0.1) is 5.92 Å². The molecule has 0 amide bonds. The highest BCUT2D eigenvalue weighted by molar-refractivity contribution is 4.62. The van der Waals surface area contributed by atoms with Gasteiger partial charge in [-0.3, -0.25) is 0 Å². The van der Waals surface area contributed by atoms with Gasteiger partial charge in [0.25, 0.3) is 0 Å². The first kappa shape index (κ1) is 13.0. The molecule has 0 aromatic rings. The van der Waals surface area contributed by atoms with Crippen molar-refractivity contribution in [3.63, 3.8) is 0 Å². The first-order valence-corrected chi connectivity index (χ1v) is 5.90. The minimum absolute atomic E-state index is 0.0633. The maximum Gasteiger partial charge on any atom is 0.0565 e. The van der Waals surface area contributed by atoms with Gasteiger partial charge in [0.2, 0.25) is 0 Å². The van der Waals surface area contributed by atoms with Crippen molar-refractivity contribution in [1.29, 1.82) is 0 Å². The van der Waals surface area contributed by atoms with Crippen molar-refractivity contribution in [3.05, 3.63) is 0 Å². The maximum absolute atomic E-state index is 9.67. The average Bonchev–Trinajstić information content (AvgIpc) is 2.16. The molecule has 1 nitrogen and oxygen atoms in total. The van der Waals surface area contributed by atoms with Crippen LogP contribution in [0.1, 0.15) is 65.7 Å². The van der Waals surface area contributed by atoms with Gasteiger partial charge in [0.15, 0.2) is 0 Å². The number of rotatable bonds is 8. The van der Waals surface area contributed by atoms with E-state index in [-0.39, 0.29) is 6.10 Å². The number of aliphatic hydroxyl groups excluding tert-OH is 1. The fraction of sp³-hybridized carbons (Fsp3) is 1.00. The number of unbranched alkanes of at least 4 members (excludes halogenated alkanes) is 4. The molecular weight excluding hydrogens is 160 g/mol. The predicted octanol–water partition coefficient (Wildman–Crippen LogP) is 3.75. The largest absolute Gasteiger partial charge is 0.393 e. The van der Waals surface area contributed by atoms with Gasteiger partial charge in [-0.25, -0.2) is 0 Å². The van der Waals surface area contributed by atoms with Crippen molar-refractivity contribution in [3.8, 4) is 0 Å². The molecule has 0 aliphatic heterocycles. The van der Waals surface area contributed by atoms with Gasteiger partial charge < -0.3 is 5.11 Å². The third-order valence-corrected chi connectivity index (χ3v) is 2.90. The first-order chi connectivity index (χ1) is 6.22. The number of hydrogen-bond donors (Lipinski definition) is 1. The minimum Gasteiger partial charge on any atom is -0.393 e. The maximum atomic E-state index is 9.67. The molecular formula is C12H26O. The third-order valence-electron chi connectivity index (χ3n) is 2.90. The average molecular weight is 186 g/mol. The van der Waals surface area contributed by atoms with E-state index in [1.165, 1.54) is 32.1 Å². The molecule has 2 atom stereocenters. The van der Waals surface area contributed by atoms with Gasteiger partial charge in [0.05, 0.1) is 6.10 Å². The van der Waals surface area contributed by atoms with E-state index in [9.17, 15) is 5.11 Å². The molecule has 0 saturated heterocycles. The lowest BCUT2D eigenvalue weighted by atomic mass is 9.96. The van der Waals surface area contributed by atoms with Crippen molar-refractivity contribution >= 4 is 0 Å². The van der Waals surface area contributed by atoms with E-state index in [0.29, 0.717) is 5.92 Å². The summed E-state index contributed by atoms with van der Waals surface area (Å²) in [6.07, 6.45) is 8.50. The standard InChI is InChI=1S/C12H26O/c1-4-6-7-8-9-10-12(13)11(3)5-2/h11-13H,4-10H2,1-3H3. The Bertz CT molecular complexity index is 101. The molecule has 1 heteroatoms. The van der Waals surface area contributed by atoms with Crippen molar-refractivity contribution in [1.82, 2.24) is 0 Å². The minimum atomic E-state index is -0.0633. The molecule has 2 unspecified atom stereocenters. The van der Waals surface area contributed by atoms with Gasteiger partial charge in [0, 0.05) is 0 Å². The Morgan fingerprint density at radius 3 is 2.15 bits per heavy atom. The molecule has 0 spiro atoms. The Morgan fingerprint density at radius 2 is 1.62 bits per heavy atom. The summed E-state index contributed by atoms with van der Waals surface area (Å²) in [5, 5.41) is 9.67. The van der Waals surface area contributed by atoms with Crippen LogP contribution in [-0.2, 0) is 0 Å². The van der Waals surface area contributed by atoms with Gasteiger partial charge >= 0.3 is 0 Å². The quantitative estimate of drug-likeness (QED) is 0.572. The Morgan fingerprint density at radius 1 is 1.00 bits per heavy atom. The lowest BCUT2D eigenvalue weighted by Crippen LogP contribution is -2.16. The van der Waals surface area contributed by atoms with Crippen molar-refractivity contribution in [2.45, 2.75) is 71.8 Å². The van der Waals surface area contributed by atoms with Crippen LogP contribution >= 0.6 is 0 Å². The van der Waals surface area contributed by atoms with Gasteiger partial charge in [-0.05, 0) is 12.3 Å². The molecule has 1 N–H and O–H groups in total. The molecule has 0 aromatic carbocycles. The second-order valence-corrected chi connectivity index (χ2v) is 4.16. The van der Waals surface area contributed by atoms with Gasteiger partial charge in [-0.2, -0.15) is 0 Å². The van der Waals surface area contributed by atoms with E-state index in [1.807, 2.05) is 0 Å². The Kier molecular flexibility index (Phi) is 8.53. The fourth-order valence-electron chi connectivity index (χ4n) is 1.51. The zero-order chi connectivity index (χ0) is 10.1. The van der Waals surface area contributed by atoms with Crippen LogP contribution in [0.15, 0.2) is 0 Å². The fourth-order valence-corrected chi connectivity index (χ4v) is 1.51. The molecule has 0 radical (unpaired) electrons. The molecule has 80 valence electrons. The summed E-state index contributed by atoms with van der Waals surface area (Å²) in [7, 11) is 0. The van der Waals surface area contributed by atoms with Gasteiger partial charge in [0.1, 0.15) is 0 Å². The van der Waals surface area contributed by atoms with E-state index in [2.05, 4.69) is 20.8 Å². The summed E-state index contributed by atoms with van der Waals surface area (Å²) >= 11 is 0. The van der Waals surface area contributed by atoms with Crippen LogP contribution in [-0.4, -0.2) is 11.2 Å². The molecule has 0 aliphatic carbocycles. The number of hydrogen-bond acceptors (Lipinski definition) is 1. The molecule has 0 heterocycles. The molecule has 0 saturated carbocycles. The zero-order valence-corrected chi connectivity index (χ0v) is 9.55. The lowest BCUT2D eigenvalue weighted by Gasteiger charge is -2.16. The van der Waals surface area contributed by atoms with Gasteiger partial charge in [-0.15, -0.1) is 0 Å². The summed E-state index contributed by atoms with van der Waals surface area (Å²) in [5.41, 5.74) is 0. The first-order valence-electron chi connectivity index (χ1n) is 5.90. The molecule has 13 heavy (non-hydrogen) atoms. The number of aliphatic hydroxyl groups is 1. The monoisotopic (exact) mass is 186 g/mol. The third kappa shape index (κ3) is 7.06. The Hall–Kier alpha value is -0.0400. The Balaban J connectivity index is 3.21. The van der Waals surface area contributed by atoms with E-state index < -0.39 is 0 Å². The van der Waals surface area contributed by atoms with Crippen LogP contribution < -0.4 is 0 Å². The van der Waals surface area contributed by atoms with Crippen molar-refractivity contribution in [2.75, 3.05) is 0 Å². The summed E-state index contributed by atoms with van der Waals surface area (Å²) in [6, 6.07) is 0. The second-order valence-electron chi connectivity index (χ2n) is 4.16. The van der Waals surface area contributed by atoms with E-state index in [1.54, 1.807) is 0 Å². The molecule has 0 aromatic heterocycles. The van der Waals surface area contributed by atoms with Crippen molar-refractivity contribution in [2.24, 2.45) is 5.92 Å². The lowest BCUT2D eigenvalue weighted by molar-refractivity contribution is 0.102. The van der Waals surface area contributed by atoms with Crippen LogP contribution in [0.25, 0.3) is 0 Å². The van der Waals surface area contributed by atoms with E-state index in [4.69, 9.17) is 0 Å².